The first-order valence-corrected chi connectivity index (χ1v) is 28.6. The number of ether oxygens (including phenoxy) is 2. The average Bonchev–Trinajstić information content (AvgIpc) is 4.14. The molecule has 0 unspecified atom stereocenters. The number of likely N-dealkylation sites (tertiary alicyclic amines) is 2. The third-order valence-electron chi connectivity index (χ3n) is 16.8. The monoisotopic (exact) mass is 1100 g/mol. The maximum atomic E-state index is 14.8. The van der Waals surface area contributed by atoms with E-state index in [0.29, 0.717) is 11.5 Å². The van der Waals surface area contributed by atoms with Crippen LogP contribution in [0.25, 0.3) is 0 Å². The lowest BCUT2D eigenvalue weighted by molar-refractivity contribution is -0.143. The smallest absolute Gasteiger partial charge is 0.251 e. The van der Waals surface area contributed by atoms with Crippen molar-refractivity contribution in [3.05, 3.63) is 95.1 Å². The summed E-state index contributed by atoms with van der Waals surface area (Å²) in [4.78, 5) is 116. The molecule has 0 spiro atoms. The number of nitrogens with zero attached hydrogens (tertiary/aromatic N) is 2. The van der Waals surface area contributed by atoms with Crippen molar-refractivity contribution in [1.82, 2.24) is 52.3 Å². The lowest BCUT2D eigenvalue weighted by atomic mass is 9.83. The molecule has 4 fully saturated rings. The number of likely N-dealkylation sites (N-methyl/N-ethyl adjacent to an activating group) is 2. The van der Waals surface area contributed by atoms with Gasteiger partial charge in [-0.2, -0.15) is 0 Å². The van der Waals surface area contributed by atoms with Crippen LogP contribution in [0.15, 0.2) is 72.8 Å². The maximum Gasteiger partial charge on any atom is 0.251 e. The molecule has 2 heterocycles. The van der Waals surface area contributed by atoms with Gasteiger partial charge in [-0.05, 0) is 152 Å². The van der Waals surface area contributed by atoms with E-state index in [2.05, 4.69) is 42.5 Å². The predicted molar refractivity (Wildman–Crippen MR) is 302 cm³/mol. The van der Waals surface area contributed by atoms with Gasteiger partial charge in [0.2, 0.25) is 35.4 Å². The molecule has 2 aliphatic heterocycles. The molecule has 0 aromatic heterocycles. The van der Waals surface area contributed by atoms with Gasteiger partial charge in [0.25, 0.3) is 11.8 Å². The lowest BCUT2D eigenvalue weighted by Gasteiger charge is -2.35. The van der Waals surface area contributed by atoms with Crippen molar-refractivity contribution < 1.29 is 47.8 Å². The Labute approximate surface area is 470 Å². The van der Waals surface area contributed by atoms with Gasteiger partial charge in [-0.3, -0.25) is 38.4 Å². The lowest BCUT2D eigenvalue weighted by Crippen LogP contribution is -2.58. The first kappa shape index (κ1) is 60.6. The maximum absolute atomic E-state index is 14.8. The summed E-state index contributed by atoms with van der Waals surface area (Å²) in [6.07, 6.45) is 8.95. The Balaban J connectivity index is 1.06. The summed E-state index contributed by atoms with van der Waals surface area (Å²) in [6, 6.07) is 13.8. The topological polar surface area (TPSA) is 258 Å². The fraction of sp³-hybridized carbons (Fsp3) is 0.567. The Bertz CT molecular complexity index is 2450. The average molecular weight is 1110 g/mol. The van der Waals surface area contributed by atoms with Crippen LogP contribution >= 0.6 is 0 Å². The van der Waals surface area contributed by atoms with Gasteiger partial charge in [0.05, 0.1) is 38.4 Å². The molecule has 3 aromatic rings. The van der Waals surface area contributed by atoms with Gasteiger partial charge in [-0.25, -0.2) is 0 Å². The van der Waals surface area contributed by atoms with Crippen molar-refractivity contribution in [3.8, 4) is 11.5 Å². The highest BCUT2D eigenvalue weighted by atomic mass is 16.5. The zero-order chi connectivity index (χ0) is 57.6. The fourth-order valence-electron chi connectivity index (χ4n) is 11.6. The fourth-order valence-corrected chi connectivity index (χ4v) is 11.6. The van der Waals surface area contributed by atoms with E-state index in [1.54, 1.807) is 66.4 Å². The van der Waals surface area contributed by atoms with Crippen LogP contribution in [0, 0.1) is 11.8 Å². The minimum absolute atomic E-state index is 0.0178. The van der Waals surface area contributed by atoms with Crippen molar-refractivity contribution in [2.24, 2.45) is 11.8 Å². The molecule has 2 saturated carbocycles. The molecule has 4 aliphatic rings. The van der Waals surface area contributed by atoms with Crippen LogP contribution in [0.4, 0.5) is 0 Å². The minimum Gasteiger partial charge on any atom is -0.497 e. The highest BCUT2D eigenvalue weighted by molar-refractivity contribution is 5.99. The number of rotatable bonds is 22. The van der Waals surface area contributed by atoms with E-state index in [9.17, 15) is 38.4 Å². The predicted octanol–water partition coefficient (Wildman–Crippen LogP) is 4.20. The Morgan fingerprint density at radius 1 is 0.475 bits per heavy atom. The highest BCUT2D eigenvalue weighted by Gasteiger charge is 2.47. The molecule has 2 aliphatic carbocycles. The second-order valence-electron chi connectivity index (χ2n) is 22.2. The number of hydrogen-bond acceptors (Lipinski definition) is 12. The molecule has 7 rings (SSSR count). The summed E-state index contributed by atoms with van der Waals surface area (Å²) in [5.74, 6) is -2.08. The van der Waals surface area contributed by atoms with E-state index in [4.69, 9.17) is 9.47 Å². The number of carbonyl (C=O) groups is 8. The molecule has 80 heavy (non-hydrogen) atoms. The molecule has 2 saturated heterocycles. The SMILES string of the molecule is CN[C@@H](C)C(=O)N[C@H](C(=O)N1C[C@@H](NC(=O)c2ccc(C(=O)N[C@H]3C[C@@H](C(=O)N[C@H](C)c4ccc(OC)cc4)N(C(=O)[C@@H](NC(=O)[C@H](C)NC)C4CCCCC4)C3)cc2)C[C@H]1C(=O)N[C@H](C)c1ccc(OC)cc1)C1CCCCC1. The molecule has 20 nitrogen and oxygen atoms in total. The number of methoxy groups -OCH3 is 2. The molecule has 0 bridgehead atoms. The van der Waals surface area contributed by atoms with Crippen LogP contribution in [0.2, 0.25) is 0 Å². The van der Waals surface area contributed by atoms with Crippen molar-refractivity contribution in [3.63, 3.8) is 0 Å². The Hall–Kier alpha value is -7.06. The van der Waals surface area contributed by atoms with Gasteiger partial charge >= 0.3 is 0 Å². The van der Waals surface area contributed by atoms with Crippen LogP contribution in [-0.2, 0) is 28.8 Å². The summed E-state index contributed by atoms with van der Waals surface area (Å²) in [5, 5.41) is 24.1. The quantitative estimate of drug-likeness (QED) is 0.0705. The third kappa shape index (κ3) is 15.2. The van der Waals surface area contributed by atoms with E-state index in [1.807, 2.05) is 38.1 Å². The van der Waals surface area contributed by atoms with E-state index in [1.165, 1.54) is 34.1 Å². The molecule has 10 atom stereocenters. The van der Waals surface area contributed by atoms with Crippen LogP contribution in [-0.4, -0.2) is 147 Å². The number of hydrogen-bond donors (Lipinski definition) is 8. The van der Waals surface area contributed by atoms with Gasteiger partial charge in [0, 0.05) is 36.3 Å². The standard InChI is InChI=1S/C60H84N10O10/c1-35(39-23-27-47(79-7)28-24-39)63-57(75)49-31-45(33-69(49)59(77)51(41-15-11-9-12-16-41)67-53(71)37(3)61-5)65-55(73)43-19-21-44(22-20-43)56(74)66-46-32-50(58(76)64-36(2)40-25-29-48(80-8)30-26-40)70(34-46)60(78)52(42-17-13-10-14-18-42)68-54(72)38(4)62-6/h19-30,35-38,41-42,45-46,49-52,61-62H,9-18,31-34H2,1-8H3,(H,63,75)(H,64,76)(H,65,73)(H,66,74)(H,67,71)(H,68,72)/t35-,36-,37+,38+,45+,46+,49+,50+,51+,52+/m1/s1. The van der Waals surface area contributed by atoms with Crippen LogP contribution < -0.4 is 52.0 Å². The Morgan fingerprint density at radius 3 is 1.12 bits per heavy atom. The van der Waals surface area contributed by atoms with Crippen molar-refractivity contribution in [1.29, 1.82) is 0 Å². The number of nitrogens with one attached hydrogen (secondary N) is 8. The van der Waals surface area contributed by atoms with Crippen molar-refractivity contribution in [2.45, 2.75) is 165 Å². The van der Waals surface area contributed by atoms with Crippen LogP contribution in [0.3, 0.4) is 0 Å². The first-order valence-electron chi connectivity index (χ1n) is 28.6. The second-order valence-corrected chi connectivity index (χ2v) is 22.2. The van der Waals surface area contributed by atoms with E-state index >= 15 is 0 Å². The van der Waals surface area contributed by atoms with Crippen LogP contribution in [0.5, 0.6) is 11.5 Å². The number of benzene rings is 3. The molecule has 3 aromatic carbocycles. The number of carbonyl (C=O) groups excluding carboxylic acids is 8. The number of amides is 8. The molecular formula is C60H84N10O10. The molecular weight excluding hydrogens is 1020 g/mol. The summed E-state index contributed by atoms with van der Waals surface area (Å²) in [7, 11) is 6.50. The zero-order valence-corrected chi connectivity index (χ0v) is 47.7. The molecule has 8 N–H and O–H groups in total. The molecule has 0 radical (unpaired) electrons. The van der Waals surface area contributed by atoms with E-state index < -0.39 is 84.0 Å². The zero-order valence-electron chi connectivity index (χ0n) is 47.7. The minimum atomic E-state index is -0.965. The van der Waals surface area contributed by atoms with Gasteiger partial charge < -0.3 is 61.8 Å². The summed E-state index contributed by atoms with van der Waals surface area (Å²) in [5.41, 5.74) is 2.12. The molecule has 20 heteroatoms. The Morgan fingerprint density at radius 2 is 0.812 bits per heavy atom. The summed E-state index contributed by atoms with van der Waals surface area (Å²) >= 11 is 0. The molecule has 434 valence electrons. The third-order valence-corrected chi connectivity index (χ3v) is 16.8. The van der Waals surface area contributed by atoms with E-state index in [-0.39, 0.29) is 72.5 Å². The van der Waals surface area contributed by atoms with E-state index in [0.717, 1.165) is 75.3 Å². The first-order chi connectivity index (χ1) is 38.4. The summed E-state index contributed by atoms with van der Waals surface area (Å²) < 4.78 is 10.6. The van der Waals surface area contributed by atoms with Crippen LogP contribution in [0.1, 0.15) is 149 Å². The summed E-state index contributed by atoms with van der Waals surface area (Å²) in [6.45, 7) is 7.17. The van der Waals surface area contributed by atoms with Crippen molar-refractivity contribution in [2.75, 3.05) is 41.4 Å². The second kappa shape index (κ2) is 28.4. The largest absolute Gasteiger partial charge is 0.497 e. The molecule has 8 amide bonds. The normalized spacial score (nSPS) is 21.9. The van der Waals surface area contributed by atoms with Crippen molar-refractivity contribution >= 4 is 47.3 Å². The van der Waals surface area contributed by atoms with Gasteiger partial charge in [-0.15, -0.1) is 0 Å². The van der Waals surface area contributed by atoms with Gasteiger partial charge in [0.15, 0.2) is 0 Å². The Kier molecular flexibility index (Phi) is 21.5. The van der Waals surface area contributed by atoms with Gasteiger partial charge in [-0.1, -0.05) is 62.8 Å². The van der Waals surface area contributed by atoms with Gasteiger partial charge in [0.1, 0.15) is 35.7 Å². The highest BCUT2D eigenvalue weighted by Crippen LogP contribution is 2.32.